The highest BCUT2D eigenvalue weighted by atomic mass is 32.2. The number of carbonyl (C=O) groups is 2. The van der Waals surface area contributed by atoms with Gasteiger partial charge in [-0.05, 0) is 24.6 Å². The number of amides is 2. The molecule has 132 valence electrons. The maximum absolute atomic E-state index is 12.6. The van der Waals surface area contributed by atoms with E-state index in [4.69, 9.17) is 4.74 Å². The van der Waals surface area contributed by atoms with E-state index in [2.05, 4.69) is 10.9 Å². The van der Waals surface area contributed by atoms with Crippen LogP contribution in [0.5, 0.6) is 0 Å². The van der Waals surface area contributed by atoms with Gasteiger partial charge >= 0.3 is 0 Å². The van der Waals surface area contributed by atoms with Crippen LogP contribution < -0.4 is 10.9 Å². The molecule has 9 heteroatoms. The molecule has 0 bridgehead atoms. The second-order valence-corrected chi connectivity index (χ2v) is 7.23. The largest absolute Gasteiger partial charge is 0.379 e. The molecule has 2 rings (SSSR count). The third-order valence-corrected chi connectivity index (χ3v) is 5.39. The molecule has 1 saturated heterocycles. The van der Waals surface area contributed by atoms with Crippen molar-refractivity contribution in [3.05, 3.63) is 29.8 Å². The van der Waals surface area contributed by atoms with Crippen LogP contribution in [0.2, 0.25) is 0 Å². The van der Waals surface area contributed by atoms with Gasteiger partial charge in [0.15, 0.2) is 0 Å². The number of morpholine rings is 1. The Kier molecular flexibility index (Phi) is 6.29. The van der Waals surface area contributed by atoms with Crippen LogP contribution in [0.3, 0.4) is 0 Å². The molecule has 0 aliphatic carbocycles. The van der Waals surface area contributed by atoms with Crippen LogP contribution in [0.25, 0.3) is 0 Å². The molecule has 1 fully saturated rings. The van der Waals surface area contributed by atoms with Crippen LogP contribution in [0.4, 0.5) is 0 Å². The first-order chi connectivity index (χ1) is 11.4. The van der Waals surface area contributed by atoms with Gasteiger partial charge in [-0.1, -0.05) is 13.0 Å². The van der Waals surface area contributed by atoms with E-state index < -0.39 is 15.9 Å². The smallest absolute Gasteiger partial charge is 0.269 e. The van der Waals surface area contributed by atoms with Crippen LogP contribution in [0.1, 0.15) is 30.1 Å². The number of hydrogen-bond donors (Lipinski definition) is 2. The first kappa shape index (κ1) is 18.4. The number of carbonyl (C=O) groups excluding carboxylic acids is 2. The van der Waals surface area contributed by atoms with Crippen LogP contribution in [-0.4, -0.2) is 50.8 Å². The average Bonchev–Trinajstić information content (AvgIpc) is 2.61. The lowest BCUT2D eigenvalue weighted by Crippen LogP contribution is -2.42. The minimum atomic E-state index is -3.67. The standard InChI is InChI=1S/C15H21N3O5S/c1-2-4-14(19)16-17-15(20)12-5-3-6-13(11-12)24(21,22)18-7-9-23-10-8-18/h3,5-6,11H,2,4,7-10H2,1H3,(H,16,19)(H,17,20). The number of ether oxygens (including phenoxy) is 1. The number of hydrogen-bond acceptors (Lipinski definition) is 5. The number of benzene rings is 1. The van der Waals surface area contributed by atoms with Crippen molar-refractivity contribution in [2.75, 3.05) is 26.3 Å². The number of rotatable bonds is 5. The highest BCUT2D eigenvalue weighted by Gasteiger charge is 2.26. The Morgan fingerprint density at radius 2 is 1.92 bits per heavy atom. The summed E-state index contributed by atoms with van der Waals surface area (Å²) in [5.74, 6) is -0.874. The molecule has 0 saturated carbocycles. The molecule has 1 aromatic carbocycles. The number of sulfonamides is 1. The summed E-state index contributed by atoms with van der Waals surface area (Å²) in [6.45, 7) is 3.12. The summed E-state index contributed by atoms with van der Waals surface area (Å²) in [6.07, 6.45) is 0.959. The molecule has 0 spiro atoms. The predicted octanol–water partition coefficient (Wildman–Crippen LogP) is 0.269. The summed E-state index contributed by atoms with van der Waals surface area (Å²) < 4.78 is 31.7. The van der Waals surface area contributed by atoms with Crippen molar-refractivity contribution in [1.82, 2.24) is 15.2 Å². The van der Waals surface area contributed by atoms with Gasteiger partial charge in [0, 0.05) is 25.1 Å². The quantitative estimate of drug-likeness (QED) is 0.738. The van der Waals surface area contributed by atoms with Gasteiger partial charge in [-0.2, -0.15) is 4.31 Å². The van der Waals surface area contributed by atoms with Crippen molar-refractivity contribution in [3.63, 3.8) is 0 Å². The summed E-state index contributed by atoms with van der Waals surface area (Å²) in [7, 11) is -3.67. The average molecular weight is 355 g/mol. The third kappa shape index (κ3) is 4.53. The molecule has 1 aromatic rings. The number of hydrazine groups is 1. The van der Waals surface area contributed by atoms with Crippen molar-refractivity contribution in [3.8, 4) is 0 Å². The first-order valence-corrected chi connectivity index (χ1v) is 9.16. The van der Waals surface area contributed by atoms with Crippen LogP contribution >= 0.6 is 0 Å². The van der Waals surface area contributed by atoms with Gasteiger partial charge in [0.05, 0.1) is 18.1 Å². The summed E-state index contributed by atoms with van der Waals surface area (Å²) in [5, 5.41) is 0. The van der Waals surface area contributed by atoms with Crippen molar-refractivity contribution in [1.29, 1.82) is 0 Å². The molecule has 1 aliphatic heterocycles. The molecule has 1 aliphatic rings. The van der Waals surface area contributed by atoms with E-state index in [1.807, 2.05) is 6.92 Å². The van der Waals surface area contributed by atoms with E-state index >= 15 is 0 Å². The van der Waals surface area contributed by atoms with Crippen LogP contribution in [0, 0.1) is 0 Å². The van der Waals surface area contributed by atoms with Crippen molar-refractivity contribution < 1.29 is 22.7 Å². The van der Waals surface area contributed by atoms with Gasteiger partial charge in [-0.3, -0.25) is 20.4 Å². The molecule has 24 heavy (non-hydrogen) atoms. The second-order valence-electron chi connectivity index (χ2n) is 5.30. The summed E-state index contributed by atoms with van der Waals surface area (Å²) in [4.78, 5) is 23.5. The highest BCUT2D eigenvalue weighted by Crippen LogP contribution is 2.18. The van der Waals surface area contributed by atoms with Gasteiger partial charge < -0.3 is 4.74 Å². The zero-order valence-corrected chi connectivity index (χ0v) is 14.3. The Hall–Kier alpha value is -1.97. The molecule has 8 nitrogen and oxygen atoms in total. The summed E-state index contributed by atoms with van der Waals surface area (Å²) in [6, 6.07) is 5.72. The maximum Gasteiger partial charge on any atom is 0.269 e. The Balaban J connectivity index is 2.10. The van der Waals surface area contributed by atoms with E-state index in [1.165, 1.54) is 28.6 Å². The SMILES string of the molecule is CCCC(=O)NNC(=O)c1cccc(S(=O)(=O)N2CCOCC2)c1. The van der Waals surface area contributed by atoms with E-state index in [9.17, 15) is 18.0 Å². The van der Waals surface area contributed by atoms with E-state index in [0.29, 0.717) is 26.1 Å². The molecule has 0 aromatic heterocycles. The van der Waals surface area contributed by atoms with Crippen molar-refractivity contribution in [2.45, 2.75) is 24.7 Å². The highest BCUT2D eigenvalue weighted by molar-refractivity contribution is 7.89. The molecule has 2 N–H and O–H groups in total. The Morgan fingerprint density at radius 1 is 1.21 bits per heavy atom. The Labute approximate surface area is 141 Å². The molecular formula is C15H21N3O5S. The van der Waals surface area contributed by atoms with Gasteiger partial charge in [0.1, 0.15) is 0 Å². The maximum atomic E-state index is 12.6. The molecular weight excluding hydrogens is 334 g/mol. The third-order valence-electron chi connectivity index (χ3n) is 3.50. The normalized spacial score (nSPS) is 15.7. The molecule has 0 atom stereocenters. The number of nitrogens with one attached hydrogen (secondary N) is 2. The fraction of sp³-hybridized carbons (Fsp3) is 0.467. The molecule has 0 radical (unpaired) electrons. The van der Waals surface area contributed by atoms with Crippen LogP contribution in [-0.2, 0) is 19.6 Å². The van der Waals surface area contributed by atoms with Crippen molar-refractivity contribution in [2.24, 2.45) is 0 Å². The minimum Gasteiger partial charge on any atom is -0.379 e. The lowest BCUT2D eigenvalue weighted by atomic mass is 10.2. The van der Waals surface area contributed by atoms with E-state index in [0.717, 1.165) is 0 Å². The molecule has 1 heterocycles. The van der Waals surface area contributed by atoms with Crippen molar-refractivity contribution >= 4 is 21.8 Å². The topological polar surface area (TPSA) is 105 Å². The fourth-order valence-corrected chi connectivity index (χ4v) is 3.68. The van der Waals surface area contributed by atoms with E-state index in [1.54, 1.807) is 0 Å². The fourth-order valence-electron chi connectivity index (χ4n) is 2.22. The lowest BCUT2D eigenvalue weighted by Gasteiger charge is -2.26. The second kappa shape index (κ2) is 8.22. The molecule has 2 amide bonds. The van der Waals surface area contributed by atoms with Gasteiger partial charge in [-0.15, -0.1) is 0 Å². The first-order valence-electron chi connectivity index (χ1n) is 7.72. The monoisotopic (exact) mass is 355 g/mol. The van der Waals surface area contributed by atoms with E-state index in [-0.39, 0.29) is 29.5 Å². The predicted molar refractivity (Wildman–Crippen MR) is 86.5 cm³/mol. The number of nitrogens with zero attached hydrogens (tertiary/aromatic N) is 1. The summed E-state index contributed by atoms with van der Waals surface area (Å²) in [5.41, 5.74) is 4.72. The minimum absolute atomic E-state index is 0.0388. The Morgan fingerprint density at radius 3 is 2.58 bits per heavy atom. The van der Waals surface area contributed by atoms with Gasteiger partial charge in [0.2, 0.25) is 15.9 Å². The lowest BCUT2D eigenvalue weighted by molar-refractivity contribution is -0.121. The zero-order valence-electron chi connectivity index (χ0n) is 13.4. The zero-order chi connectivity index (χ0) is 17.6. The molecule has 0 unspecified atom stereocenters. The Bertz CT molecular complexity index is 699. The summed E-state index contributed by atoms with van der Waals surface area (Å²) >= 11 is 0. The van der Waals surface area contributed by atoms with Gasteiger partial charge in [0.25, 0.3) is 5.91 Å². The van der Waals surface area contributed by atoms with Gasteiger partial charge in [-0.25, -0.2) is 8.42 Å². The van der Waals surface area contributed by atoms with Crippen LogP contribution in [0.15, 0.2) is 29.2 Å².